The summed E-state index contributed by atoms with van der Waals surface area (Å²) in [4.78, 5) is 4.00. The van der Waals surface area contributed by atoms with E-state index in [4.69, 9.17) is 4.43 Å². The van der Waals surface area contributed by atoms with Crippen LogP contribution in [-0.2, 0) is 0 Å². The molecule has 1 N–H and O–H groups in total. The Bertz CT molecular complexity index is 611. The molecule has 25 heavy (non-hydrogen) atoms. The highest BCUT2D eigenvalue weighted by atomic mass is 35.5. The predicted octanol–water partition coefficient (Wildman–Crippen LogP) is 4.80. The van der Waals surface area contributed by atoms with Crippen molar-refractivity contribution >= 4 is 44.5 Å². The number of hydrogen-bond donors (Lipinski definition) is 1. The number of thiophene rings is 1. The van der Waals surface area contributed by atoms with Gasteiger partial charge in [0.2, 0.25) is 8.32 Å². The Morgan fingerprint density at radius 1 is 1.04 bits per heavy atom. The normalized spacial score (nSPS) is 16.4. The highest BCUT2D eigenvalue weighted by Gasteiger charge is 2.25. The van der Waals surface area contributed by atoms with Crippen LogP contribution in [-0.4, -0.2) is 39.4 Å². The van der Waals surface area contributed by atoms with Crippen LogP contribution in [0, 0.1) is 0 Å². The second-order valence-electron chi connectivity index (χ2n) is 6.99. The molecule has 140 valence electrons. The molecule has 0 unspecified atom stereocenters. The molecule has 1 fully saturated rings. The van der Waals surface area contributed by atoms with Crippen molar-refractivity contribution in [3.05, 3.63) is 52.2 Å². The molecule has 1 aliphatic rings. The zero-order valence-electron chi connectivity index (χ0n) is 15.0. The molecule has 1 aromatic heterocycles. The van der Waals surface area contributed by atoms with Gasteiger partial charge < -0.3 is 9.74 Å². The highest BCUT2D eigenvalue weighted by molar-refractivity contribution is 7.10. The molecule has 0 bridgehead atoms. The number of nitrogens with one attached hydrogen (secondary N) is 1. The van der Waals surface area contributed by atoms with Gasteiger partial charge in [-0.15, -0.1) is 36.2 Å². The van der Waals surface area contributed by atoms with Crippen molar-refractivity contribution < 1.29 is 4.43 Å². The van der Waals surface area contributed by atoms with Crippen molar-refractivity contribution in [1.82, 2.24) is 10.2 Å². The molecule has 3 rings (SSSR count). The summed E-state index contributed by atoms with van der Waals surface area (Å²) in [6.07, 6.45) is 0. The van der Waals surface area contributed by atoms with E-state index in [1.807, 2.05) is 11.3 Å². The molecule has 0 amide bonds. The second kappa shape index (κ2) is 9.95. The van der Waals surface area contributed by atoms with E-state index in [2.05, 4.69) is 71.6 Å². The maximum absolute atomic E-state index is 6.09. The summed E-state index contributed by atoms with van der Waals surface area (Å²) in [7, 11) is -1.54. The minimum absolute atomic E-state index is 0. The van der Waals surface area contributed by atoms with Gasteiger partial charge in [0.1, 0.15) is 5.75 Å². The van der Waals surface area contributed by atoms with Crippen LogP contribution in [0.4, 0.5) is 0 Å². The largest absolute Gasteiger partial charge is 0.544 e. The third kappa shape index (κ3) is 6.27. The first-order valence-corrected chi connectivity index (χ1v) is 12.6. The van der Waals surface area contributed by atoms with Crippen LogP contribution in [0.5, 0.6) is 5.75 Å². The summed E-state index contributed by atoms with van der Waals surface area (Å²) in [6.45, 7) is 11.0. The molecule has 1 aliphatic heterocycles. The topological polar surface area (TPSA) is 24.5 Å². The summed E-state index contributed by atoms with van der Waals surface area (Å²) in [6, 6.07) is 13.5. The standard InChI is InChI=1S/C18H26N2OSSi.2ClH/c1-23(2,3)21-16-8-6-15(7-9-16)18(17-5-4-14-22-17)20-12-10-19-11-13-20;;/h4-9,14,18-19H,10-13H2,1-3H3;2*1H/t18-;;/m0../s1. The lowest BCUT2D eigenvalue weighted by Crippen LogP contribution is -2.45. The van der Waals surface area contributed by atoms with Crippen LogP contribution in [0.3, 0.4) is 0 Å². The molecule has 0 aliphatic carbocycles. The van der Waals surface area contributed by atoms with Gasteiger partial charge in [-0.25, -0.2) is 0 Å². The molecule has 0 spiro atoms. The first-order chi connectivity index (χ1) is 11.0. The van der Waals surface area contributed by atoms with Crippen LogP contribution in [0.2, 0.25) is 19.6 Å². The Labute approximate surface area is 168 Å². The SMILES string of the molecule is C[Si](C)(C)Oc1ccc([C@@H](c2cccs2)N2CCNCC2)cc1.Cl.Cl. The van der Waals surface area contributed by atoms with Gasteiger partial charge in [0.25, 0.3) is 0 Å². The smallest absolute Gasteiger partial charge is 0.242 e. The first-order valence-electron chi connectivity index (χ1n) is 8.30. The third-order valence-corrected chi connectivity index (χ3v) is 5.72. The van der Waals surface area contributed by atoms with Crippen molar-refractivity contribution in [1.29, 1.82) is 0 Å². The van der Waals surface area contributed by atoms with Crippen molar-refractivity contribution in [2.24, 2.45) is 0 Å². The van der Waals surface area contributed by atoms with Gasteiger partial charge in [0.05, 0.1) is 6.04 Å². The third-order valence-electron chi connectivity index (χ3n) is 3.95. The first kappa shape index (κ1) is 22.5. The maximum Gasteiger partial charge on any atom is 0.242 e. The van der Waals surface area contributed by atoms with Crippen LogP contribution >= 0.6 is 36.2 Å². The molecule has 1 saturated heterocycles. The van der Waals surface area contributed by atoms with E-state index in [-0.39, 0.29) is 24.8 Å². The van der Waals surface area contributed by atoms with Crippen molar-refractivity contribution in [2.45, 2.75) is 25.7 Å². The van der Waals surface area contributed by atoms with Crippen LogP contribution in [0.1, 0.15) is 16.5 Å². The van der Waals surface area contributed by atoms with E-state index < -0.39 is 8.32 Å². The van der Waals surface area contributed by atoms with Crippen LogP contribution in [0.25, 0.3) is 0 Å². The number of rotatable bonds is 5. The molecule has 7 heteroatoms. The minimum Gasteiger partial charge on any atom is -0.544 e. The van der Waals surface area contributed by atoms with Crippen molar-refractivity contribution in [3.8, 4) is 5.75 Å². The van der Waals surface area contributed by atoms with E-state index in [0.29, 0.717) is 6.04 Å². The monoisotopic (exact) mass is 418 g/mol. The second-order valence-corrected chi connectivity index (χ2v) is 12.4. The van der Waals surface area contributed by atoms with Crippen LogP contribution in [0.15, 0.2) is 41.8 Å². The number of halogens is 2. The van der Waals surface area contributed by atoms with E-state index >= 15 is 0 Å². The molecule has 0 radical (unpaired) electrons. The van der Waals surface area contributed by atoms with Gasteiger partial charge in [-0.05, 0) is 48.8 Å². The van der Waals surface area contributed by atoms with Gasteiger partial charge in [0.15, 0.2) is 0 Å². The Kier molecular flexibility index (Phi) is 8.95. The van der Waals surface area contributed by atoms with Crippen molar-refractivity contribution in [2.75, 3.05) is 26.2 Å². The summed E-state index contributed by atoms with van der Waals surface area (Å²) in [5.74, 6) is 0.998. The lowest BCUT2D eigenvalue weighted by Gasteiger charge is -2.35. The Balaban J connectivity index is 0.00000156. The summed E-state index contributed by atoms with van der Waals surface area (Å²) < 4.78 is 6.09. The molecular formula is C18H28Cl2N2OSSi. The zero-order valence-corrected chi connectivity index (χ0v) is 18.5. The predicted molar refractivity (Wildman–Crippen MR) is 116 cm³/mol. The minimum atomic E-state index is -1.54. The number of benzene rings is 1. The number of hydrogen-bond acceptors (Lipinski definition) is 4. The lowest BCUT2D eigenvalue weighted by atomic mass is 10.0. The molecule has 3 nitrogen and oxygen atoms in total. The Morgan fingerprint density at radius 2 is 1.68 bits per heavy atom. The molecule has 1 atom stereocenters. The van der Waals surface area contributed by atoms with E-state index in [9.17, 15) is 0 Å². The van der Waals surface area contributed by atoms with Crippen LogP contribution < -0.4 is 9.74 Å². The number of piperazine rings is 1. The van der Waals surface area contributed by atoms with Gasteiger partial charge in [-0.3, -0.25) is 4.90 Å². The van der Waals surface area contributed by atoms with Gasteiger partial charge in [0, 0.05) is 31.1 Å². The average Bonchev–Trinajstić information content (AvgIpc) is 3.03. The molecular weight excluding hydrogens is 391 g/mol. The zero-order chi connectivity index (χ0) is 16.3. The average molecular weight is 419 g/mol. The fourth-order valence-electron chi connectivity index (χ4n) is 3.01. The lowest BCUT2D eigenvalue weighted by molar-refractivity contribution is 0.200. The van der Waals surface area contributed by atoms with Gasteiger partial charge in [-0.2, -0.15) is 0 Å². The van der Waals surface area contributed by atoms with E-state index in [0.717, 1.165) is 31.9 Å². The summed E-state index contributed by atoms with van der Waals surface area (Å²) >= 11 is 1.85. The van der Waals surface area contributed by atoms with Gasteiger partial charge in [-0.1, -0.05) is 18.2 Å². The fourth-order valence-corrected chi connectivity index (χ4v) is 4.74. The Morgan fingerprint density at radius 3 is 2.20 bits per heavy atom. The molecule has 2 heterocycles. The maximum atomic E-state index is 6.09. The summed E-state index contributed by atoms with van der Waals surface area (Å²) in [5.41, 5.74) is 1.36. The number of nitrogens with zero attached hydrogens (tertiary/aromatic N) is 1. The van der Waals surface area contributed by atoms with Crippen molar-refractivity contribution in [3.63, 3.8) is 0 Å². The highest BCUT2D eigenvalue weighted by Crippen LogP contribution is 2.33. The van der Waals surface area contributed by atoms with E-state index in [1.165, 1.54) is 10.4 Å². The molecule has 2 aromatic rings. The van der Waals surface area contributed by atoms with Gasteiger partial charge >= 0.3 is 0 Å². The summed E-state index contributed by atoms with van der Waals surface area (Å²) in [5, 5.41) is 5.62. The quantitative estimate of drug-likeness (QED) is 0.705. The van der Waals surface area contributed by atoms with E-state index in [1.54, 1.807) is 0 Å². The Hall–Kier alpha value is -0.563. The molecule has 0 saturated carbocycles. The fraction of sp³-hybridized carbons (Fsp3) is 0.444. The molecule has 1 aromatic carbocycles.